The molecule has 2 heteroatoms. The van der Waals surface area contributed by atoms with E-state index in [0.29, 0.717) is 0 Å². The number of anilines is 3. The van der Waals surface area contributed by atoms with Gasteiger partial charge in [-0.2, -0.15) is 0 Å². The molecular weight excluding hydrogens is 851 g/mol. The van der Waals surface area contributed by atoms with Crippen LogP contribution in [0.5, 0.6) is 0 Å². The van der Waals surface area contributed by atoms with Crippen molar-refractivity contribution in [3.63, 3.8) is 0 Å². The first-order valence-electron chi connectivity index (χ1n) is 23.8. The Balaban J connectivity index is 1.00. The Kier molecular flexibility index (Phi) is 9.05. The van der Waals surface area contributed by atoms with Crippen molar-refractivity contribution >= 4 is 48.6 Å². The number of nitrogens with zero attached hydrogens (tertiary/aromatic N) is 1. The maximum Gasteiger partial charge on any atom is 0.0726 e. The number of hydrogen-bond acceptors (Lipinski definition) is 2. The second-order valence-corrected chi connectivity index (χ2v) is 19.3. The summed E-state index contributed by atoms with van der Waals surface area (Å²) in [6, 6.07) is 96.8. The summed E-state index contributed by atoms with van der Waals surface area (Å²) in [5.41, 5.74) is 23.0. The van der Waals surface area contributed by atoms with E-state index in [-0.39, 0.29) is 0 Å². The molecule has 1 spiro atoms. The fourth-order valence-electron chi connectivity index (χ4n) is 11.9. The molecule has 0 saturated carbocycles. The molecule has 1 aromatic heterocycles. The van der Waals surface area contributed by atoms with E-state index in [1.54, 1.807) is 0 Å². The molecule has 0 saturated heterocycles. The number of fused-ring (bicyclic) bond motifs is 13. The Labute approximate surface area is 406 Å². The quantitative estimate of drug-likeness (QED) is 0.154. The van der Waals surface area contributed by atoms with Crippen molar-refractivity contribution in [2.24, 2.45) is 0 Å². The van der Waals surface area contributed by atoms with Crippen LogP contribution in [0.4, 0.5) is 17.1 Å². The van der Waals surface area contributed by atoms with Crippen LogP contribution in [0.3, 0.4) is 0 Å². The van der Waals surface area contributed by atoms with Crippen LogP contribution >= 0.6 is 11.3 Å². The number of hydrogen-bond donors (Lipinski definition) is 0. The SMILES string of the molecule is c1ccc(-c2ccccc2-c2ccccc2-c2ccccc2N(c2ccc(-c3cccc4sc5ccccc5c34)cc2)c2ccc3c(c2)C2(c4ccccc4-c4ccccc42)c2ccccc2-3)cc1. The molecule has 2 aliphatic rings. The van der Waals surface area contributed by atoms with Crippen molar-refractivity contribution < 1.29 is 0 Å². The van der Waals surface area contributed by atoms with E-state index in [0.717, 1.165) is 22.6 Å². The lowest BCUT2D eigenvalue weighted by molar-refractivity contribution is 0.793. The van der Waals surface area contributed by atoms with Crippen LogP contribution in [0.2, 0.25) is 0 Å². The van der Waals surface area contributed by atoms with E-state index in [1.165, 1.54) is 104 Å². The second kappa shape index (κ2) is 15.8. The van der Waals surface area contributed by atoms with Gasteiger partial charge in [-0.3, -0.25) is 0 Å². The van der Waals surface area contributed by atoms with Crippen LogP contribution in [-0.2, 0) is 5.41 Å². The van der Waals surface area contributed by atoms with E-state index in [9.17, 15) is 0 Å². The molecule has 14 rings (SSSR count). The Morgan fingerprint density at radius 1 is 0.275 bits per heavy atom. The summed E-state index contributed by atoms with van der Waals surface area (Å²) in [6.45, 7) is 0. The predicted molar refractivity (Wildman–Crippen MR) is 292 cm³/mol. The molecule has 0 unspecified atom stereocenters. The van der Waals surface area contributed by atoms with Crippen molar-refractivity contribution in [2.45, 2.75) is 5.41 Å². The first kappa shape index (κ1) is 39.6. The van der Waals surface area contributed by atoms with Gasteiger partial charge in [0.25, 0.3) is 0 Å². The van der Waals surface area contributed by atoms with E-state index in [4.69, 9.17) is 0 Å². The van der Waals surface area contributed by atoms with Crippen molar-refractivity contribution in [1.29, 1.82) is 0 Å². The van der Waals surface area contributed by atoms with Crippen LogP contribution in [0.1, 0.15) is 22.3 Å². The molecule has 1 nitrogen and oxygen atoms in total. The summed E-state index contributed by atoms with van der Waals surface area (Å²) in [6.07, 6.45) is 0. The van der Waals surface area contributed by atoms with Crippen LogP contribution < -0.4 is 4.90 Å². The van der Waals surface area contributed by atoms with E-state index >= 15 is 0 Å². The lowest BCUT2D eigenvalue weighted by atomic mass is 9.70. The normalized spacial score (nSPS) is 12.8. The first-order valence-corrected chi connectivity index (χ1v) is 24.7. The number of thiophene rings is 1. The van der Waals surface area contributed by atoms with Crippen molar-refractivity contribution in [1.82, 2.24) is 0 Å². The highest BCUT2D eigenvalue weighted by molar-refractivity contribution is 7.25. The second-order valence-electron chi connectivity index (χ2n) is 18.3. The Morgan fingerprint density at radius 2 is 0.725 bits per heavy atom. The third-order valence-corrected chi connectivity index (χ3v) is 15.9. The third-order valence-electron chi connectivity index (χ3n) is 14.7. The van der Waals surface area contributed by atoms with Gasteiger partial charge in [0, 0.05) is 37.1 Å². The van der Waals surface area contributed by atoms with E-state index in [2.05, 4.69) is 266 Å². The molecule has 0 atom stereocenters. The van der Waals surface area contributed by atoms with Gasteiger partial charge < -0.3 is 4.90 Å². The summed E-state index contributed by atoms with van der Waals surface area (Å²) in [4.78, 5) is 2.50. The van der Waals surface area contributed by atoms with Gasteiger partial charge in [0.2, 0.25) is 0 Å². The molecule has 0 fully saturated rings. The van der Waals surface area contributed by atoms with Crippen LogP contribution in [0.25, 0.3) is 86.9 Å². The zero-order valence-electron chi connectivity index (χ0n) is 37.7. The van der Waals surface area contributed by atoms with Gasteiger partial charge in [0.05, 0.1) is 11.1 Å². The summed E-state index contributed by atoms with van der Waals surface area (Å²) in [5.74, 6) is 0. The molecule has 69 heavy (non-hydrogen) atoms. The third kappa shape index (κ3) is 5.96. The van der Waals surface area contributed by atoms with Crippen molar-refractivity contribution in [2.75, 3.05) is 4.90 Å². The molecule has 0 amide bonds. The van der Waals surface area contributed by atoms with Gasteiger partial charge in [-0.1, -0.05) is 218 Å². The monoisotopic (exact) mass is 893 g/mol. The van der Waals surface area contributed by atoms with Gasteiger partial charge in [-0.25, -0.2) is 0 Å². The fraction of sp³-hybridized carbons (Fsp3) is 0.0149. The predicted octanol–water partition coefficient (Wildman–Crippen LogP) is 18.5. The molecular formula is C67H43NS. The Bertz CT molecular complexity index is 3910. The maximum absolute atomic E-state index is 2.51. The summed E-state index contributed by atoms with van der Waals surface area (Å²) in [7, 11) is 0. The van der Waals surface area contributed by atoms with Crippen LogP contribution in [-0.4, -0.2) is 0 Å². The van der Waals surface area contributed by atoms with Crippen molar-refractivity contribution in [3.05, 3.63) is 283 Å². The first-order chi connectivity index (χ1) is 34.3. The molecule has 0 radical (unpaired) electrons. The standard InChI is InChI=1S/C67H43NS/c1-2-19-44(20-3-1)48-21-4-5-22-50(48)51-23-6-7-24-52(51)57-28-11-16-34-63(57)68(46-39-37-45(38-40-46)49-30-18-36-65-66(49)58-29-12-17-35-64(58)69-65)47-41-42-56-55-27-10-15-33-61(55)67(62(56)43-47)59-31-13-8-25-53(59)54-26-9-14-32-60(54)67/h1-43H. The highest BCUT2D eigenvalue weighted by Gasteiger charge is 2.51. The van der Waals surface area contributed by atoms with Crippen LogP contribution in [0.15, 0.2) is 261 Å². The number of rotatable bonds is 7. The Hall–Kier alpha value is -8.56. The fourth-order valence-corrected chi connectivity index (χ4v) is 13.0. The van der Waals surface area contributed by atoms with Gasteiger partial charge in [-0.15, -0.1) is 11.3 Å². The smallest absolute Gasteiger partial charge is 0.0726 e. The van der Waals surface area contributed by atoms with E-state index in [1.807, 2.05) is 11.3 Å². The highest BCUT2D eigenvalue weighted by Crippen LogP contribution is 2.63. The maximum atomic E-state index is 2.51. The average Bonchev–Trinajstić information content (AvgIpc) is 4.06. The largest absolute Gasteiger partial charge is 0.310 e. The minimum atomic E-state index is -0.472. The topological polar surface area (TPSA) is 3.24 Å². The lowest BCUT2D eigenvalue weighted by Gasteiger charge is -2.33. The highest BCUT2D eigenvalue weighted by atomic mass is 32.1. The molecule has 0 N–H and O–H groups in total. The lowest BCUT2D eigenvalue weighted by Crippen LogP contribution is -2.26. The summed E-state index contributed by atoms with van der Waals surface area (Å²) in [5, 5.41) is 2.63. The van der Waals surface area contributed by atoms with Gasteiger partial charge in [0.1, 0.15) is 0 Å². The number of benzene rings is 11. The summed E-state index contributed by atoms with van der Waals surface area (Å²) >= 11 is 1.87. The Morgan fingerprint density at radius 3 is 1.39 bits per heavy atom. The molecule has 322 valence electrons. The molecule has 0 bridgehead atoms. The number of para-hydroxylation sites is 1. The molecule has 11 aromatic carbocycles. The van der Waals surface area contributed by atoms with Gasteiger partial charge in [-0.05, 0) is 126 Å². The zero-order chi connectivity index (χ0) is 45.5. The van der Waals surface area contributed by atoms with E-state index < -0.39 is 5.41 Å². The average molecular weight is 894 g/mol. The minimum absolute atomic E-state index is 0.472. The minimum Gasteiger partial charge on any atom is -0.310 e. The molecule has 12 aromatic rings. The zero-order valence-corrected chi connectivity index (χ0v) is 38.5. The van der Waals surface area contributed by atoms with Crippen LogP contribution in [0, 0.1) is 0 Å². The molecule has 0 aliphatic heterocycles. The van der Waals surface area contributed by atoms with Gasteiger partial charge >= 0.3 is 0 Å². The van der Waals surface area contributed by atoms with Gasteiger partial charge in [0.15, 0.2) is 0 Å². The summed E-state index contributed by atoms with van der Waals surface area (Å²) < 4.78 is 2.62. The van der Waals surface area contributed by atoms with Crippen molar-refractivity contribution in [3.8, 4) is 66.8 Å². The molecule has 1 heterocycles. The molecule has 2 aliphatic carbocycles.